The quantitative estimate of drug-likeness (QED) is 0.495. The van der Waals surface area contributed by atoms with Gasteiger partial charge in [0.2, 0.25) is 11.8 Å². The molecule has 0 aliphatic carbocycles. The van der Waals surface area contributed by atoms with E-state index in [2.05, 4.69) is 15.5 Å². The number of nitro benzene ring substituents is 1. The van der Waals surface area contributed by atoms with Crippen molar-refractivity contribution in [1.82, 2.24) is 4.90 Å². The van der Waals surface area contributed by atoms with Crippen LogP contribution in [0, 0.1) is 16.0 Å². The topological polar surface area (TPSA) is 114 Å². The number of ether oxygens (including phenoxy) is 1. The molecule has 0 aromatic heterocycles. The van der Waals surface area contributed by atoms with Crippen LogP contribution in [0.15, 0.2) is 48.5 Å². The van der Waals surface area contributed by atoms with Crippen molar-refractivity contribution < 1.29 is 19.2 Å². The summed E-state index contributed by atoms with van der Waals surface area (Å²) in [5, 5.41) is 16.6. The number of amides is 2. The Balaban J connectivity index is 1.43. The van der Waals surface area contributed by atoms with Crippen LogP contribution in [0.2, 0.25) is 0 Å². The Morgan fingerprint density at radius 2 is 1.71 bits per heavy atom. The maximum absolute atomic E-state index is 12.6. The van der Waals surface area contributed by atoms with Crippen molar-refractivity contribution in [2.45, 2.75) is 19.3 Å². The minimum Gasteiger partial charge on any atom is -0.495 e. The summed E-state index contributed by atoms with van der Waals surface area (Å²) in [6.07, 6.45) is 1.63. The predicted octanol–water partition coefficient (Wildman–Crippen LogP) is 3.28. The highest BCUT2D eigenvalue weighted by Crippen LogP contribution is 2.26. The fourth-order valence-electron chi connectivity index (χ4n) is 3.61. The molecule has 0 unspecified atom stereocenters. The highest BCUT2D eigenvalue weighted by Gasteiger charge is 2.26. The summed E-state index contributed by atoms with van der Waals surface area (Å²) < 4.78 is 5.27. The Morgan fingerprint density at radius 3 is 2.39 bits per heavy atom. The lowest BCUT2D eigenvalue weighted by Gasteiger charge is -2.31. The maximum atomic E-state index is 12.6. The van der Waals surface area contributed by atoms with Gasteiger partial charge in [0.15, 0.2) is 0 Å². The van der Waals surface area contributed by atoms with Gasteiger partial charge in [0, 0.05) is 24.9 Å². The molecule has 2 amide bonds. The van der Waals surface area contributed by atoms with Crippen LogP contribution < -0.4 is 15.4 Å². The normalized spacial score (nSPS) is 14.6. The Morgan fingerprint density at radius 1 is 1.06 bits per heavy atom. The van der Waals surface area contributed by atoms with Crippen LogP contribution in [0.1, 0.15) is 19.3 Å². The molecule has 9 nitrogen and oxygen atoms in total. The van der Waals surface area contributed by atoms with Crippen LogP contribution in [0.4, 0.5) is 17.1 Å². The van der Waals surface area contributed by atoms with Crippen LogP contribution in [-0.2, 0) is 9.59 Å². The van der Waals surface area contributed by atoms with Gasteiger partial charge in [0.05, 0.1) is 17.7 Å². The van der Waals surface area contributed by atoms with Gasteiger partial charge < -0.3 is 20.3 Å². The first kappa shape index (κ1) is 22.2. The molecule has 9 heteroatoms. The summed E-state index contributed by atoms with van der Waals surface area (Å²) in [6.45, 7) is 1.96. The van der Waals surface area contributed by atoms with Crippen LogP contribution in [0.5, 0.6) is 5.75 Å². The van der Waals surface area contributed by atoms with E-state index < -0.39 is 4.92 Å². The van der Waals surface area contributed by atoms with Gasteiger partial charge in [-0.15, -0.1) is 0 Å². The molecule has 0 radical (unpaired) electrons. The number of piperidine rings is 1. The molecule has 1 aliphatic rings. The summed E-state index contributed by atoms with van der Waals surface area (Å²) in [5.74, 6) is 0.225. The largest absolute Gasteiger partial charge is 0.495 e. The molecule has 1 fully saturated rings. The Bertz CT molecular complexity index is 941. The smallest absolute Gasteiger partial charge is 0.292 e. The van der Waals surface area contributed by atoms with E-state index >= 15 is 0 Å². The number of likely N-dealkylation sites (tertiary alicyclic amines) is 1. The molecule has 0 atom stereocenters. The zero-order chi connectivity index (χ0) is 22.2. The molecule has 164 valence electrons. The molecule has 0 saturated carbocycles. The molecule has 3 rings (SSSR count). The van der Waals surface area contributed by atoms with Crippen LogP contribution in [-0.4, -0.2) is 48.4 Å². The first-order valence-electron chi connectivity index (χ1n) is 10.2. The Labute approximate surface area is 180 Å². The van der Waals surface area contributed by atoms with E-state index in [0.717, 1.165) is 0 Å². The molecule has 0 spiro atoms. The van der Waals surface area contributed by atoms with Gasteiger partial charge in [-0.2, -0.15) is 0 Å². The van der Waals surface area contributed by atoms with Gasteiger partial charge in [-0.05, 0) is 44.1 Å². The number of nitrogens with zero attached hydrogens (tertiary/aromatic N) is 2. The molecule has 2 aromatic carbocycles. The summed E-state index contributed by atoms with van der Waals surface area (Å²) in [4.78, 5) is 37.5. The maximum Gasteiger partial charge on any atom is 0.292 e. The zero-order valence-electron chi connectivity index (χ0n) is 17.4. The van der Waals surface area contributed by atoms with Crippen molar-refractivity contribution in [3.05, 3.63) is 58.6 Å². The van der Waals surface area contributed by atoms with Gasteiger partial charge in [0.25, 0.3) is 5.69 Å². The number of anilines is 2. The monoisotopic (exact) mass is 426 g/mol. The molecule has 0 bridgehead atoms. The number of rotatable bonds is 8. The summed E-state index contributed by atoms with van der Waals surface area (Å²) >= 11 is 0. The van der Waals surface area contributed by atoms with Crippen molar-refractivity contribution in [3.8, 4) is 5.75 Å². The standard InChI is InChI=1S/C22H26N4O5/c1-31-20-9-5-3-7-18(20)24-22(28)16-10-13-25(14-11-16)15-12-21(27)23-17-6-2-4-8-19(17)26(29)30/h2-9,16H,10-15H2,1H3,(H,23,27)(H,24,28). The summed E-state index contributed by atoms with van der Waals surface area (Å²) in [6, 6.07) is 13.4. The first-order valence-corrected chi connectivity index (χ1v) is 10.2. The summed E-state index contributed by atoms with van der Waals surface area (Å²) in [7, 11) is 1.57. The molecule has 31 heavy (non-hydrogen) atoms. The number of para-hydroxylation sites is 4. The number of carbonyl (C=O) groups is 2. The number of methoxy groups -OCH3 is 1. The first-order chi connectivity index (χ1) is 15.0. The molecule has 1 heterocycles. The van der Waals surface area contributed by atoms with Crippen molar-refractivity contribution in [3.63, 3.8) is 0 Å². The Hall–Kier alpha value is -3.46. The number of carbonyl (C=O) groups excluding carboxylic acids is 2. The molecular weight excluding hydrogens is 400 g/mol. The third-order valence-electron chi connectivity index (χ3n) is 5.35. The van der Waals surface area contributed by atoms with Gasteiger partial charge in [-0.3, -0.25) is 19.7 Å². The number of hydrogen-bond acceptors (Lipinski definition) is 6. The van der Waals surface area contributed by atoms with Crippen molar-refractivity contribution in [1.29, 1.82) is 0 Å². The highest BCUT2D eigenvalue weighted by atomic mass is 16.6. The minimum atomic E-state index is -0.517. The second kappa shape index (κ2) is 10.5. The highest BCUT2D eigenvalue weighted by molar-refractivity contribution is 5.94. The van der Waals surface area contributed by atoms with E-state index in [-0.39, 0.29) is 35.5 Å². The van der Waals surface area contributed by atoms with Crippen LogP contribution >= 0.6 is 0 Å². The fourth-order valence-corrected chi connectivity index (χ4v) is 3.61. The van der Waals surface area contributed by atoms with Gasteiger partial charge >= 0.3 is 0 Å². The van der Waals surface area contributed by atoms with Crippen LogP contribution in [0.25, 0.3) is 0 Å². The van der Waals surface area contributed by atoms with E-state index in [1.807, 2.05) is 18.2 Å². The predicted molar refractivity (Wildman–Crippen MR) is 117 cm³/mol. The number of nitrogens with one attached hydrogen (secondary N) is 2. The van der Waals surface area contributed by atoms with Crippen LogP contribution in [0.3, 0.4) is 0 Å². The summed E-state index contributed by atoms with van der Waals surface area (Å²) in [5.41, 5.74) is 0.728. The van der Waals surface area contributed by atoms with Gasteiger partial charge in [-0.25, -0.2) is 0 Å². The molecule has 1 aliphatic heterocycles. The lowest BCUT2D eigenvalue weighted by atomic mass is 9.95. The van der Waals surface area contributed by atoms with Gasteiger partial charge in [0.1, 0.15) is 11.4 Å². The Kier molecular flexibility index (Phi) is 7.55. The lowest BCUT2D eigenvalue weighted by molar-refractivity contribution is -0.383. The lowest BCUT2D eigenvalue weighted by Crippen LogP contribution is -2.39. The van der Waals surface area contributed by atoms with Gasteiger partial charge in [-0.1, -0.05) is 24.3 Å². The molecular formula is C22H26N4O5. The molecule has 2 aromatic rings. The molecule has 2 N–H and O–H groups in total. The number of benzene rings is 2. The van der Waals surface area contributed by atoms with E-state index in [1.54, 1.807) is 25.3 Å². The average molecular weight is 426 g/mol. The van der Waals surface area contributed by atoms with E-state index in [4.69, 9.17) is 4.74 Å². The van der Waals surface area contributed by atoms with E-state index in [0.29, 0.717) is 43.9 Å². The number of hydrogen-bond donors (Lipinski definition) is 2. The second-order valence-corrected chi connectivity index (χ2v) is 7.38. The van der Waals surface area contributed by atoms with Crippen molar-refractivity contribution in [2.24, 2.45) is 5.92 Å². The SMILES string of the molecule is COc1ccccc1NC(=O)C1CCN(CCC(=O)Nc2ccccc2[N+](=O)[O-])CC1. The second-order valence-electron chi connectivity index (χ2n) is 7.38. The minimum absolute atomic E-state index is 0.0294. The molecule has 1 saturated heterocycles. The zero-order valence-corrected chi connectivity index (χ0v) is 17.4. The third kappa shape index (κ3) is 6.02. The van der Waals surface area contributed by atoms with Crippen molar-refractivity contribution in [2.75, 3.05) is 37.4 Å². The average Bonchev–Trinajstić information content (AvgIpc) is 2.78. The van der Waals surface area contributed by atoms with E-state index in [1.165, 1.54) is 12.1 Å². The fraction of sp³-hybridized carbons (Fsp3) is 0.364. The van der Waals surface area contributed by atoms with Crippen molar-refractivity contribution >= 4 is 28.9 Å². The third-order valence-corrected chi connectivity index (χ3v) is 5.35. The van der Waals surface area contributed by atoms with E-state index in [9.17, 15) is 19.7 Å². The number of nitro groups is 1.